The second kappa shape index (κ2) is 8.21. The van der Waals surface area contributed by atoms with Crippen LogP contribution in [0.5, 0.6) is 0 Å². The molecule has 0 aromatic rings. The smallest absolute Gasteiger partial charge is 0.220 e. The highest BCUT2D eigenvalue weighted by Gasteiger charge is 2.48. The van der Waals surface area contributed by atoms with E-state index in [1.165, 1.54) is 21.3 Å². The van der Waals surface area contributed by atoms with E-state index in [9.17, 15) is 10.2 Å². The summed E-state index contributed by atoms with van der Waals surface area (Å²) in [6.07, 6.45) is -2.62. The van der Waals surface area contributed by atoms with Crippen LogP contribution in [0.2, 0.25) is 6.04 Å². The lowest BCUT2D eigenvalue weighted by Gasteiger charge is -2.48. The Labute approximate surface area is 115 Å². The molecule has 2 unspecified atom stereocenters. The normalized spacial score (nSPS) is 31.1. The molecule has 0 aromatic heterocycles. The van der Waals surface area contributed by atoms with Gasteiger partial charge in [0, 0.05) is 16.8 Å². The Morgan fingerprint density at radius 3 is 1.79 bits per heavy atom. The molecule has 114 valence electrons. The fraction of sp³-hybridized carbons (Fsp3) is 1.00. The van der Waals surface area contributed by atoms with Crippen molar-refractivity contribution in [1.82, 2.24) is 15.2 Å². The van der Waals surface area contributed by atoms with Crippen molar-refractivity contribution in [3.8, 4) is 0 Å². The van der Waals surface area contributed by atoms with Crippen molar-refractivity contribution >= 4 is 10.2 Å². The van der Waals surface area contributed by atoms with E-state index in [4.69, 9.17) is 19.2 Å². The Morgan fingerprint density at radius 1 is 0.947 bits per heavy atom. The lowest BCUT2D eigenvalue weighted by Crippen LogP contribution is -2.70. The molecule has 1 aliphatic heterocycles. The Morgan fingerprint density at radius 2 is 1.42 bits per heavy atom. The van der Waals surface area contributed by atoms with Crippen molar-refractivity contribution in [1.29, 1.82) is 0 Å². The second-order valence-corrected chi connectivity index (χ2v) is 4.87. The Balaban J connectivity index is 2.83. The summed E-state index contributed by atoms with van der Waals surface area (Å²) in [5.41, 5.74) is 0. The van der Waals surface area contributed by atoms with Gasteiger partial charge in [-0.3, -0.25) is 14.5 Å². The molecule has 1 heterocycles. The first-order valence-corrected chi connectivity index (χ1v) is 7.48. The molecular weight excluding hydrogens is 274 g/mol. The minimum absolute atomic E-state index is 0.473. The van der Waals surface area contributed by atoms with Crippen molar-refractivity contribution in [2.45, 2.75) is 31.5 Å². The number of hydrogen-bond donors (Lipinski definition) is 2. The summed E-state index contributed by atoms with van der Waals surface area (Å²) in [6, 6.07) is 1.10. The van der Waals surface area contributed by atoms with Crippen LogP contribution in [-0.4, -0.2) is 82.6 Å². The van der Waals surface area contributed by atoms with E-state index in [0.29, 0.717) is 6.61 Å². The standard InChI is InChI=1S/C9H23N3O6Si/c1-15-10-7(13)11(16-2)9(18-5-4-6-19)12(17-3)8(10)14/h7-9,13-14H,4-6H2,1-3,19H3. The molecular formula is C9H23N3O6Si. The van der Waals surface area contributed by atoms with Gasteiger partial charge in [-0.15, -0.1) is 0 Å². The number of hydrogen-bond acceptors (Lipinski definition) is 9. The first-order chi connectivity index (χ1) is 9.12. The maximum absolute atomic E-state index is 10.0. The van der Waals surface area contributed by atoms with Crippen LogP contribution in [-0.2, 0) is 19.2 Å². The molecule has 0 radical (unpaired) electrons. The van der Waals surface area contributed by atoms with Crippen LogP contribution in [0.15, 0.2) is 0 Å². The first-order valence-electron chi connectivity index (χ1n) is 6.07. The van der Waals surface area contributed by atoms with E-state index in [1.807, 2.05) is 0 Å². The average molecular weight is 297 g/mol. The molecule has 0 saturated carbocycles. The number of nitrogens with zero attached hydrogens (tertiary/aromatic N) is 3. The van der Waals surface area contributed by atoms with Crippen molar-refractivity contribution in [2.24, 2.45) is 0 Å². The zero-order chi connectivity index (χ0) is 14.4. The SMILES string of the molecule is CON1C(O)N(OC)C(OCCC[SiH3])N(OC)C1O. The van der Waals surface area contributed by atoms with Gasteiger partial charge in [-0.05, 0) is 6.42 Å². The van der Waals surface area contributed by atoms with Gasteiger partial charge in [0.25, 0.3) is 0 Å². The van der Waals surface area contributed by atoms with Gasteiger partial charge in [-0.1, -0.05) is 21.2 Å². The van der Waals surface area contributed by atoms with Crippen molar-refractivity contribution < 1.29 is 29.5 Å². The lowest BCUT2D eigenvalue weighted by atomic mass is 10.5. The monoisotopic (exact) mass is 297 g/mol. The van der Waals surface area contributed by atoms with Gasteiger partial charge in [-0.25, -0.2) is 0 Å². The van der Waals surface area contributed by atoms with Crippen LogP contribution in [0.4, 0.5) is 0 Å². The third-order valence-corrected chi connectivity index (χ3v) is 3.45. The van der Waals surface area contributed by atoms with Gasteiger partial charge >= 0.3 is 0 Å². The molecule has 2 N–H and O–H groups in total. The highest BCUT2D eigenvalue weighted by molar-refractivity contribution is 6.08. The summed E-state index contributed by atoms with van der Waals surface area (Å²) in [7, 11) is 5.18. The van der Waals surface area contributed by atoms with Crippen LogP contribution in [0.1, 0.15) is 6.42 Å². The van der Waals surface area contributed by atoms with Gasteiger partial charge < -0.3 is 14.9 Å². The van der Waals surface area contributed by atoms with E-state index < -0.39 is 19.1 Å². The fourth-order valence-corrected chi connectivity index (χ4v) is 2.01. The summed E-state index contributed by atoms with van der Waals surface area (Å²) < 4.78 is 5.59. The summed E-state index contributed by atoms with van der Waals surface area (Å²) >= 11 is 0. The minimum atomic E-state index is -1.32. The predicted octanol–water partition coefficient (Wildman–Crippen LogP) is -2.38. The van der Waals surface area contributed by atoms with Crippen LogP contribution in [0, 0.1) is 0 Å². The highest BCUT2D eigenvalue weighted by atomic mass is 28.1. The number of aliphatic hydroxyl groups excluding tert-OH is 2. The molecule has 0 aliphatic carbocycles. The first kappa shape index (κ1) is 16.9. The molecule has 1 rings (SSSR count). The van der Waals surface area contributed by atoms with E-state index in [1.54, 1.807) is 0 Å². The van der Waals surface area contributed by atoms with Crippen LogP contribution < -0.4 is 0 Å². The molecule has 19 heavy (non-hydrogen) atoms. The van der Waals surface area contributed by atoms with Crippen molar-refractivity contribution in [3.05, 3.63) is 0 Å². The molecule has 9 nitrogen and oxygen atoms in total. The third-order valence-electron chi connectivity index (χ3n) is 2.74. The van der Waals surface area contributed by atoms with E-state index in [0.717, 1.165) is 37.9 Å². The van der Waals surface area contributed by atoms with Crippen molar-refractivity contribution in [2.75, 3.05) is 27.9 Å². The van der Waals surface area contributed by atoms with E-state index in [-0.39, 0.29) is 0 Å². The van der Waals surface area contributed by atoms with Crippen LogP contribution >= 0.6 is 0 Å². The molecule has 10 heteroatoms. The molecule has 1 fully saturated rings. The minimum Gasteiger partial charge on any atom is -0.362 e. The number of hydroxylamine groups is 6. The molecule has 1 aliphatic rings. The van der Waals surface area contributed by atoms with Gasteiger partial charge in [0.2, 0.25) is 19.1 Å². The number of rotatable bonds is 7. The van der Waals surface area contributed by atoms with Crippen molar-refractivity contribution in [3.63, 3.8) is 0 Å². The van der Waals surface area contributed by atoms with Gasteiger partial charge in [0.15, 0.2) is 0 Å². The summed E-state index contributed by atoms with van der Waals surface area (Å²) in [6.45, 7) is 0.473. The third kappa shape index (κ3) is 3.70. The molecule has 0 aromatic carbocycles. The molecule has 2 atom stereocenters. The van der Waals surface area contributed by atoms with Crippen LogP contribution in [0.25, 0.3) is 0 Å². The van der Waals surface area contributed by atoms with Gasteiger partial charge in [-0.2, -0.15) is 0 Å². The van der Waals surface area contributed by atoms with E-state index >= 15 is 0 Å². The topological polar surface area (TPSA) is 87.1 Å². The summed E-state index contributed by atoms with van der Waals surface area (Å²) in [5.74, 6) is 0. The number of ether oxygens (including phenoxy) is 1. The predicted molar refractivity (Wildman–Crippen MR) is 67.7 cm³/mol. The number of aliphatic hydroxyl groups is 2. The van der Waals surface area contributed by atoms with Gasteiger partial charge in [0.05, 0.1) is 21.3 Å². The molecule has 0 bridgehead atoms. The average Bonchev–Trinajstić information content (AvgIpc) is 2.40. The molecule has 0 spiro atoms. The van der Waals surface area contributed by atoms with Gasteiger partial charge in [0.1, 0.15) is 0 Å². The maximum Gasteiger partial charge on any atom is 0.220 e. The fourth-order valence-electron chi connectivity index (χ4n) is 1.72. The zero-order valence-corrected chi connectivity index (χ0v) is 13.7. The summed E-state index contributed by atoms with van der Waals surface area (Å²) in [5, 5.41) is 23.2. The Kier molecular flexibility index (Phi) is 7.31. The lowest BCUT2D eigenvalue weighted by molar-refractivity contribution is -0.525. The Bertz CT molecular complexity index is 246. The quantitative estimate of drug-likeness (QED) is 0.395. The Hall–Kier alpha value is -0.143. The van der Waals surface area contributed by atoms with Crippen LogP contribution in [0.3, 0.4) is 0 Å². The molecule has 1 saturated heterocycles. The highest BCUT2D eigenvalue weighted by Crippen LogP contribution is 2.24. The maximum atomic E-state index is 10.0. The largest absolute Gasteiger partial charge is 0.362 e. The molecule has 0 amide bonds. The summed E-state index contributed by atoms with van der Waals surface area (Å²) in [4.78, 5) is 15.0. The van der Waals surface area contributed by atoms with E-state index in [2.05, 4.69) is 0 Å². The zero-order valence-electron chi connectivity index (χ0n) is 11.7. The second-order valence-electron chi connectivity index (χ2n) is 3.87.